The number of carbonyl (C=O) groups is 1. The SMILES string of the molecule is CCc1ccc(-c2csc(NC(=O)Cc3ccc(SC)cc3)n2)cc1. The van der Waals surface area contributed by atoms with Gasteiger partial charge in [-0.2, -0.15) is 0 Å². The first kappa shape index (κ1) is 17.7. The molecule has 1 aromatic heterocycles. The summed E-state index contributed by atoms with van der Waals surface area (Å²) in [6.07, 6.45) is 3.42. The van der Waals surface area contributed by atoms with Crippen molar-refractivity contribution in [1.82, 2.24) is 4.98 Å². The number of amides is 1. The Labute approximate surface area is 156 Å². The van der Waals surface area contributed by atoms with Gasteiger partial charge in [-0.05, 0) is 35.9 Å². The number of thioether (sulfide) groups is 1. The molecule has 5 heteroatoms. The first-order chi connectivity index (χ1) is 12.2. The highest BCUT2D eigenvalue weighted by Crippen LogP contribution is 2.25. The van der Waals surface area contributed by atoms with Crippen molar-refractivity contribution < 1.29 is 4.79 Å². The molecule has 25 heavy (non-hydrogen) atoms. The minimum absolute atomic E-state index is 0.0425. The minimum Gasteiger partial charge on any atom is -0.302 e. The maximum Gasteiger partial charge on any atom is 0.230 e. The zero-order chi connectivity index (χ0) is 17.6. The molecule has 1 heterocycles. The fourth-order valence-electron chi connectivity index (χ4n) is 2.47. The number of nitrogens with one attached hydrogen (secondary N) is 1. The quantitative estimate of drug-likeness (QED) is 0.602. The van der Waals surface area contributed by atoms with Crippen LogP contribution in [0.15, 0.2) is 58.8 Å². The van der Waals surface area contributed by atoms with Crippen molar-refractivity contribution in [1.29, 1.82) is 0 Å². The predicted molar refractivity (Wildman–Crippen MR) is 107 cm³/mol. The third-order valence-electron chi connectivity index (χ3n) is 3.93. The summed E-state index contributed by atoms with van der Waals surface area (Å²) in [7, 11) is 0. The Hall–Kier alpha value is -2.11. The minimum atomic E-state index is -0.0425. The van der Waals surface area contributed by atoms with Crippen LogP contribution in [0.3, 0.4) is 0 Å². The molecule has 128 valence electrons. The molecule has 0 saturated carbocycles. The summed E-state index contributed by atoms with van der Waals surface area (Å²) in [5, 5.41) is 5.51. The van der Waals surface area contributed by atoms with Crippen LogP contribution >= 0.6 is 23.1 Å². The molecule has 0 fully saturated rings. The van der Waals surface area contributed by atoms with Crippen molar-refractivity contribution in [3.63, 3.8) is 0 Å². The first-order valence-electron chi connectivity index (χ1n) is 8.15. The number of anilines is 1. The number of hydrogen-bond donors (Lipinski definition) is 1. The van der Waals surface area contributed by atoms with Gasteiger partial charge < -0.3 is 5.32 Å². The molecule has 0 spiro atoms. The van der Waals surface area contributed by atoms with Crippen molar-refractivity contribution >= 4 is 34.1 Å². The zero-order valence-electron chi connectivity index (χ0n) is 14.3. The third-order valence-corrected chi connectivity index (χ3v) is 5.43. The molecule has 3 aromatic rings. The van der Waals surface area contributed by atoms with E-state index in [1.165, 1.54) is 21.8 Å². The van der Waals surface area contributed by atoms with Gasteiger partial charge in [-0.25, -0.2) is 4.98 Å². The second-order valence-corrected chi connectivity index (χ2v) is 7.40. The molecule has 0 saturated heterocycles. The van der Waals surface area contributed by atoms with Crippen LogP contribution in [0.2, 0.25) is 0 Å². The number of aryl methyl sites for hydroxylation is 1. The van der Waals surface area contributed by atoms with Crippen molar-refractivity contribution in [3.8, 4) is 11.3 Å². The summed E-state index contributed by atoms with van der Waals surface area (Å²) in [5.74, 6) is -0.0425. The molecular weight excluding hydrogens is 348 g/mol. The molecule has 0 aliphatic rings. The van der Waals surface area contributed by atoms with E-state index in [9.17, 15) is 4.79 Å². The maximum atomic E-state index is 12.2. The second kappa shape index (κ2) is 8.32. The summed E-state index contributed by atoms with van der Waals surface area (Å²) in [6.45, 7) is 2.14. The van der Waals surface area contributed by atoms with Crippen LogP contribution in [0.1, 0.15) is 18.1 Å². The average Bonchev–Trinajstić information content (AvgIpc) is 3.10. The summed E-state index contributed by atoms with van der Waals surface area (Å²) >= 11 is 3.15. The summed E-state index contributed by atoms with van der Waals surface area (Å²) in [4.78, 5) is 17.9. The molecule has 0 atom stereocenters. The van der Waals surface area contributed by atoms with Crippen molar-refractivity contribution in [2.45, 2.75) is 24.7 Å². The molecule has 1 N–H and O–H groups in total. The average molecular weight is 369 g/mol. The Balaban J connectivity index is 1.62. The van der Waals surface area contributed by atoms with E-state index in [2.05, 4.69) is 41.5 Å². The molecule has 0 unspecified atom stereocenters. The highest BCUT2D eigenvalue weighted by molar-refractivity contribution is 7.98. The molecular formula is C20H20N2OS2. The molecule has 1 amide bonds. The van der Waals surface area contributed by atoms with Gasteiger partial charge in [0.15, 0.2) is 5.13 Å². The fraction of sp³-hybridized carbons (Fsp3) is 0.200. The number of benzene rings is 2. The maximum absolute atomic E-state index is 12.2. The lowest BCUT2D eigenvalue weighted by molar-refractivity contribution is -0.115. The Morgan fingerprint density at radius 3 is 2.40 bits per heavy atom. The van der Waals surface area contributed by atoms with Crippen molar-refractivity contribution in [3.05, 3.63) is 65.0 Å². The second-order valence-electron chi connectivity index (χ2n) is 5.66. The largest absolute Gasteiger partial charge is 0.302 e. The fourth-order valence-corrected chi connectivity index (χ4v) is 3.61. The number of thiazole rings is 1. The van der Waals surface area contributed by atoms with E-state index in [4.69, 9.17) is 0 Å². The lowest BCUT2D eigenvalue weighted by Gasteiger charge is -2.03. The van der Waals surface area contributed by atoms with Gasteiger partial charge in [0.25, 0.3) is 0 Å². The molecule has 3 rings (SSSR count). The topological polar surface area (TPSA) is 42.0 Å². The van der Waals surface area contributed by atoms with Gasteiger partial charge in [0.05, 0.1) is 12.1 Å². The zero-order valence-corrected chi connectivity index (χ0v) is 15.9. The predicted octanol–water partition coefficient (Wildman–Crippen LogP) is 5.28. The molecule has 0 bridgehead atoms. The smallest absolute Gasteiger partial charge is 0.230 e. The van der Waals surface area contributed by atoms with Crippen LogP contribution in [-0.2, 0) is 17.6 Å². The lowest BCUT2D eigenvalue weighted by atomic mass is 10.1. The lowest BCUT2D eigenvalue weighted by Crippen LogP contribution is -2.14. The van der Waals surface area contributed by atoms with E-state index in [1.54, 1.807) is 11.8 Å². The molecule has 2 aromatic carbocycles. The van der Waals surface area contributed by atoms with E-state index < -0.39 is 0 Å². The Kier molecular flexibility index (Phi) is 5.89. The van der Waals surface area contributed by atoms with Crippen molar-refractivity contribution in [2.75, 3.05) is 11.6 Å². The normalized spacial score (nSPS) is 10.6. The number of aromatic nitrogens is 1. The summed E-state index contributed by atoms with van der Waals surface area (Å²) in [6, 6.07) is 16.4. The van der Waals surface area contributed by atoms with Crippen LogP contribution in [0.5, 0.6) is 0 Å². The molecule has 0 aliphatic carbocycles. The van der Waals surface area contributed by atoms with Crippen LogP contribution in [0, 0.1) is 0 Å². The van der Waals surface area contributed by atoms with Gasteiger partial charge in [-0.3, -0.25) is 4.79 Å². The van der Waals surface area contributed by atoms with Crippen LogP contribution in [-0.4, -0.2) is 17.1 Å². The van der Waals surface area contributed by atoms with Crippen LogP contribution < -0.4 is 5.32 Å². The highest BCUT2D eigenvalue weighted by atomic mass is 32.2. The molecule has 3 nitrogen and oxygen atoms in total. The highest BCUT2D eigenvalue weighted by Gasteiger charge is 2.09. The molecule has 0 radical (unpaired) electrons. The summed E-state index contributed by atoms with van der Waals surface area (Å²) in [5.41, 5.74) is 4.27. The van der Waals surface area contributed by atoms with Gasteiger partial charge in [0, 0.05) is 15.8 Å². The number of rotatable bonds is 6. The monoisotopic (exact) mass is 368 g/mol. The van der Waals surface area contributed by atoms with E-state index in [-0.39, 0.29) is 5.91 Å². The van der Waals surface area contributed by atoms with E-state index in [0.717, 1.165) is 23.2 Å². The van der Waals surface area contributed by atoms with Crippen LogP contribution in [0.25, 0.3) is 11.3 Å². The van der Waals surface area contributed by atoms with Gasteiger partial charge in [0.1, 0.15) is 0 Å². The first-order valence-corrected chi connectivity index (χ1v) is 10.3. The van der Waals surface area contributed by atoms with E-state index >= 15 is 0 Å². The summed E-state index contributed by atoms with van der Waals surface area (Å²) < 4.78 is 0. The van der Waals surface area contributed by atoms with Crippen molar-refractivity contribution in [2.24, 2.45) is 0 Å². The Morgan fingerprint density at radius 2 is 1.76 bits per heavy atom. The Morgan fingerprint density at radius 1 is 1.08 bits per heavy atom. The third kappa shape index (κ3) is 4.71. The van der Waals surface area contributed by atoms with Gasteiger partial charge in [-0.1, -0.05) is 43.3 Å². The number of carbonyl (C=O) groups excluding carboxylic acids is 1. The van der Waals surface area contributed by atoms with E-state index in [1.807, 2.05) is 35.9 Å². The number of hydrogen-bond acceptors (Lipinski definition) is 4. The van der Waals surface area contributed by atoms with Gasteiger partial charge in [-0.15, -0.1) is 23.1 Å². The molecule has 0 aliphatic heterocycles. The number of nitrogens with zero attached hydrogens (tertiary/aromatic N) is 1. The Bertz CT molecular complexity index is 839. The van der Waals surface area contributed by atoms with Gasteiger partial charge >= 0.3 is 0 Å². The van der Waals surface area contributed by atoms with Crippen LogP contribution in [0.4, 0.5) is 5.13 Å². The van der Waals surface area contributed by atoms with Gasteiger partial charge in [0.2, 0.25) is 5.91 Å². The van der Waals surface area contributed by atoms with E-state index in [0.29, 0.717) is 11.6 Å². The standard InChI is InChI=1S/C20H20N2OS2/c1-3-14-4-8-16(9-5-14)18-13-25-20(21-18)22-19(23)12-15-6-10-17(24-2)11-7-15/h4-11,13H,3,12H2,1-2H3,(H,21,22,23).